The molecular formula is C17H13N3O5. The number of benzene rings is 2. The van der Waals surface area contributed by atoms with Gasteiger partial charge in [-0.2, -0.15) is 9.97 Å². The zero-order chi connectivity index (χ0) is 17.6. The van der Waals surface area contributed by atoms with Gasteiger partial charge in [-0.1, -0.05) is 18.2 Å². The van der Waals surface area contributed by atoms with Crippen molar-refractivity contribution in [3.05, 3.63) is 71.0 Å². The molecule has 0 spiro atoms. The topological polar surface area (TPSA) is 96.6 Å². The van der Waals surface area contributed by atoms with E-state index in [9.17, 15) is 10.1 Å². The molecule has 0 amide bonds. The summed E-state index contributed by atoms with van der Waals surface area (Å²) in [5.74, 6) is 1.01. The number of aromatic nitrogens is 2. The molecule has 3 aromatic rings. The molecule has 8 nitrogen and oxygen atoms in total. The molecule has 8 heteroatoms. The highest BCUT2D eigenvalue weighted by molar-refractivity contribution is 5.52. The molecule has 0 aliphatic heterocycles. The highest BCUT2D eigenvalue weighted by Crippen LogP contribution is 2.37. The summed E-state index contributed by atoms with van der Waals surface area (Å²) in [7, 11) is 1.54. The predicted molar refractivity (Wildman–Crippen MR) is 88.3 cm³/mol. The Labute approximate surface area is 142 Å². The summed E-state index contributed by atoms with van der Waals surface area (Å²) in [6, 6.07) is 15.2. The monoisotopic (exact) mass is 339 g/mol. The molecule has 0 N–H and O–H groups in total. The van der Waals surface area contributed by atoms with Crippen molar-refractivity contribution in [2.45, 2.75) is 0 Å². The molecule has 1 heterocycles. The van der Waals surface area contributed by atoms with E-state index in [0.29, 0.717) is 17.2 Å². The van der Waals surface area contributed by atoms with E-state index < -0.39 is 10.6 Å². The summed E-state index contributed by atoms with van der Waals surface area (Å²) < 4.78 is 16.1. The van der Waals surface area contributed by atoms with Crippen molar-refractivity contribution in [2.24, 2.45) is 0 Å². The number of hydrogen-bond donors (Lipinski definition) is 0. The Bertz CT molecular complexity index is 869. The van der Waals surface area contributed by atoms with Gasteiger partial charge < -0.3 is 14.2 Å². The summed E-state index contributed by atoms with van der Waals surface area (Å²) in [4.78, 5) is 18.5. The zero-order valence-electron chi connectivity index (χ0n) is 13.2. The Hall–Kier alpha value is -3.68. The van der Waals surface area contributed by atoms with Crippen LogP contribution in [0.5, 0.6) is 29.0 Å². The second kappa shape index (κ2) is 7.26. The molecule has 0 atom stereocenters. The van der Waals surface area contributed by atoms with E-state index in [1.807, 2.05) is 0 Å². The molecule has 0 saturated heterocycles. The molecule has 25 heavy (non-hydrogen) atoms. The van der Waals surface area contributed by atoms with Crippen molar-refractivity contribution < 1.29 is 19.1 Å². The second-order valence-corrected chi connectivity index (χ2v) is 4.78. The Morgan fingerprint density at radius 1 is 0.840 bits per heavy atom. The van der Waals surface area contributed by atoms with E-state index in [0.717, 1.165) is 6.33 Å². The first-order valence-electron chi connectivity index (χ1n) is 7.21. The highest BCUT2D eigenvalue weighted by atomic mass is 16.6. The molecule has 0 radical (unpaired) electrons. The Morgan fingerprint density at radius 3 is 1.88 bits per heavy atom. The summed E-state index contributed by atoms with van der Waals surface area (Å²) in [5, 5.41) is 11.5. The highest BCUT2D eigenvalue weighted by Gasteiger charge is 2.27. The van der Waals surface area contributed by atoms with E-state index in [4.69, 9.17) is 14.2 Å². The van der Waals surface area contributed by atoms with Crippen molar-refractivity contribution in [1.29, 1.82) is 0 Å². The number of ether oxygens (including phenoxy) is 3. The number of hydrogen-bond acceptors (Lipinski definition) is 7. The van der Waals surface area contributed by atoms with E-state index in [1.54, 1.807) is 61.7 Å². The van der Waals surface area contributed by atoms with Crippen LogP contribution in [0.25, 0.3) is 0 Å². The quantitative estimate of drug-likeness (QED) is 0.495. The first kappa shape index (κ1) is 16.2. The van der Waals surface area contributed by atoms with E-state index in [-0.39, 0.29) is 11.8 Å². The lowest BCUT2D eigenvalue weighted by Gasteiger charge is -2.09. The average Bonchev–Trinajstić information content (AvgIpc) is 2.63. The van der Waals surface area contributed by atoms with Gasteiger partial charge in [-0.15, -0.1) is 0 Å². The van der Waals surface area contributed by atoms with E-state index in [1.165, 1.54) is 0 Å². The van der Waals surface area contributed by atoms with E-state index >= 15 is 0 Å². The molecular weight excluding hydrogens is 326 g/mol. The van der Waals surface area contributed by atoms with Crippen molar-refractivity contribution in [2.75, 3.05) is 7.11 Å². The third-order valence-electron chi connectivity index (χ3n) is 3.17. The van der Waals surface area contributed by atoms with Gasteiger partial charge in [0.1, 0.15) is 23.6 Å². The number of rotatable bonds is 6. The van der Waals surface area contributed by atoms with Crippen LogP contribution < -0.4 is 14.2 Å². The Morgan fingerprint density at radius 2 is 1.36 bits per heavy atom. The van der Waals surface area contributed by atoms with Gasteiger partial charge in [-0.25, -0.2) is 0 Å². The lowest BCUT2D eigenvalue weighted by Crippen LogP contribution is -2.01. The van der Waals surface area contributed by atoms with E-state index in [2.05, 4.69) is 9.97 Å². The molecule has 0 bridgehead atoms. The Balaban J connectivity index is 1.93. The standard InChI is InChI=1S/C17H13N3O5/c1-23-12-7-9-14(10-8-12)25-17-15(20(21)22)16(18-11-19-17)24-13-5-3-2-4-6-13/h2-11H,1H3. The molecule has 0 fully saturated rings. The van der Waals surface area contributed by atoms with Crippen LogP contribution in [0.4, 0.5) is 5.69 Å². The van der Waals surface area contributed by atoms with Crippen LogP contribution in [-0.4, -0.2) is 22.0 Å². The molecule has 3 rings (SSSR count). The minimum Gasteiger partial charge on any atom is -0.497 e. The first-order valence-corrected chi connectivity index (χ1v) is 7.21. The molecule has 0 unspecified atom stereocenters. The Kier molecular flexibility index (Phi) is 4.70. The maximum Gasteiger partial charge on any atom is 0.393 e. The molecule has 1 aromatic heterocycles. The second-order valence-electron chi connectivity index (χ2n) is 4.78. The van der Waals surface area contributed by atoms with Gasteiger partial charge in [0.25, 0.3) is 0 Å². The largest absolute Gasteiger partial charge is 0.497 e. The minimum atomic E-state index is -0.642. The fourth-order valence-electron chi connectivity index (χ4n) is 2.01. The fourth-order valence-corrected chi connectivity index (χ4v) is 2.01. The van der Waals surface area contributed by atoms with Crippen molar-refractivity contribution in [3.8, 4) is 29.0 Å². The van der Waals surface area contributed by atoms with Crippen LogP contribution in [0.1, 0.15) is 0 Å². The van der Waals surface area contributed by atoms with Gasteiger partial charge in [-0.3, -0.25) is 10.1 Å². The van der Waals surface area contributed by atoms with Crippen molar-refractivity contribution in [3.63, 3.8) is 0 Å². The van der Waals surface area contributed by atoms with Crippen LogP contribution in [0, 0.1) is 10.1 Å². The van der Waals surface area contributed by atoms with Gasteiger partial charge in [0, 0.05) is 0 Å². The first-order chi connectivity index (χ1) is 12.2. The lowest BCUT2D eigenvalue weighted by molar-refractivity contribution is -0.387. The number of methoxy groups -OCH3 is 1. The maximum absolute atomic E-state index is 11.5. The van der Waals surface area contributed by atoms with Gasteiger partial charge in [0.05, 0.1) is 12.0 Å². The molecule has 126 valence electrons. The number of nitro groups is 1. The van der Waals surface area contributed by atoms with Crippen LogP contribution >= 0.6 is 0 Å². The molecule has 0 saturated carbocycles. The van der Waals surface area contributed by atoms with Gasteiger partial charge in [-0.05, 0) is 36.4 Å². The third-order valence-corrected chi connectivity index (χ3v) is 3.17. The van der Waals surface area contributed by atoms with Gasteiger partial charge >= 0.3 is 17.4 Å². The maximum atomic E-state index is 11.5. The molecule has 0 aliphatic carbocycles. The lowest BCUT2D eigenvalue weighted by atomic mass is 10.3. The SMILES string of the molecule is COc1ccc(Oc2ncnc(Oc3ccccc3)c2[N+](=O)[O-])cc1. The summed E-state index contributed by atoms with van der Waals surface area (Å²) in [6.45, 7) is 0. The number of para-hydroxylation sites is 1. The van der Waals surface area contributed by atoms with Crippen molar-refractivity contribution in [1.82, 2.24) is 9.97 Å². The van der Waals surface area contributed by atoms with Gasteiger partial charge in [0.2, 0.25) is 0 Å². The zero-order valence-corrected chi connectivity index (χ0v) is 13.2. The molecule has 2 aromatic carbocycles. The van der Waals surface area contributed by atoms with Crippen LogP contribution in [-0.2, 0) is 0 Å². The third kappa shape index (κ3) is 3.81. The number of nitrogens with zero attached hydrogens (tertiary/aromatic N) is 3. The summed E-state index contributed by atoms with van der Waals surface area (Å²) in [5.41, 5.74) is -0.456. The van der Waals surface area contributed by atoms with Gasteiger partial charge in [0.15, 0.2) is 0 Å². The summed E-state index contributed by atoms with van der Waals surface area (Å²) in [6.07, 6.45) is 1.14. The minimum absolute atomic E-state index is 0.199. The summed E-state index contributed by atoms with van der Waals surface area (Å²) >= 11 is 0. The van der Waals surface area contributed by atoms with Crippen LogP contribution in [0.15, 0.2) is 60.9 Å². The fraction of sp³-hybridized carbons (Fsp3) is 0.0588. The average molecular weight is 339 g/mol. The molecule has 0 aliphatic rings. The predicted octanol–water partition coefficient (Wildman–Crippen LogP) is 3.98. The van der Waals surface area contributed by atoms with Crippen LogP contribution in [0.2, 0.25) is 0 Å². The smallest absolute Gasteiger partial charge is 0.393 e. The van der Waals surface area contributed by atoms with Crippen LogP contribution in [0.3, 0.4) is 0 Å². The van der Waals surface area contributed by atoms with Crippen molar-refractivity contribution >= 4 is 5.69 Å². The normalized spacial score (nSPS) is 10.1.